The van der Waals surface area contributed by atoms with E-state index in [0.717, 1.165) is 62.8 Å². The molecule has 5 rings (SSSR count). The maximum atomic E-state index is 12.9. The van der Waals surface area contributed by atoms with Crippen LogP contribution in [0.25, 0.3) is 5.65 Å². The molecular formula is C20H28N6O2. The molecule has 2 saturated heterocycles. The monoisotopic (exact) mass is 384 g/mol. The molecule has 8 heteroatoms. The number of ether oxygens (including phenoxy) is 1. The minimum Gasteiger partial charge on any atom is -0.381 e. The molecule has 1 aliphatic carbocycles. The van der Waals surface area contributed by atoms with Gasteiger partial charge in [-0.2, -0.15) is 0 Å². The molecule has 0 aromatic carbocycles. The number of hydrogen-bond donors (Lipinski definition) is 1. The van der Waals surface area contributed by atoms with Crippen LogP contribution in [0.1, 0.15) is 44.3 Å². The smallest absolute Gasteiger partial charge is 0.322 e. The third kappa shape index (κ3) is 3.46. The highest BCUT2D eigenvalue weighted by Crippen LogP contribution is 2.39. The summed E-state index contributed by atoms with van der Waals surface area (Å²) < 4.78 is 7.50. The van der Waals surface area contributed by atoms with E-state index in [-0.39, 0.29) is 12.1 Å². The van der Waals surface area contributed by atoms with E-state index in [1.54, 1.807) is 0 Å². The Bertz CT molecular complexity index is 857. The first-order valence-electron chi connectivity index (χ1n) is 10.4. The van der Waals surface area contributed by atoms with Crippen LogP contribution in [0.2, 0.25) is 0 Å². The molecule has 3 aliphatic rings. The topological polar surface area (TPSA) is 75.0 Å². The van der Waals surface area contributed by atoms with Gasteiger partial charge < -0.3 is 15.0 Å². The number of nitrogens with one attached hydrogen (secondary N) is 1. The predicted molar refractivity (Wildman–Crippen MR) is 106 cm³/mol. The van der Waals surface area contributed by atoms with Crippen LogP contribution < -0.4 is 5.32 Å². The van der Waals surface area contributed by atoms with Gasteiger partial charge in [0.1, 0.15) is 5.82 Å². The minimum atomic E-state index is -0.0282. The standard InChI is InChI=1S/C20H28N6O2/c1-14-12-24(17-6-10-28-11-7-17)8-9-25(14)20(27)21-16-4-5-18-22-23-19(15-2-3-15)26(18)13-16/h4-5,13-15,17H,2-3,6-12H2,1H3,(H,21,27)/t14-/m1/s1. The van der Waals surface area contributed by atoms with Gasteiger partial charge in [-0.3, -0.25) is 9.30 Å². The van der Waals surface area contributed by atoms with E-state index < -0.39 is 0 Å². The molecule has 0 spiro atoms. The quantitative estimate of drug-likeness (QED) is 0.879. The highest BCUT2D eigenvalue weighted by Gasteiger charge is 2.32. The summed E-state index contributed by atoms with van der Waals surface area (Å²) in [4.78, 5) is 17.4. The van der Waals surface area contributed by atoms with Gasteiger partial charge in [0.15, 0.2) is 5.65 Å². The lowest BCUT2D eigenvalue weighted by Gasteiger charge is -2.44. The maximum absolute atomic E-state index is 12.9. The molecule has 2 aromatic heterocycles. The largest absolute Gasteiger partial charge is 0.381 e. The lowest BCUT2D eigenvalue weighted by Crippen LogP contribution is -2.58. The second-order valence-corrected chi connectivity index (χ2v) is 8.29. The Morgan fingerprint density at radius 3 is 2.71 bits per heavy atom. The van der Waals surface area contributed by atoms with Crippen molar-refractivity contribution in [1.29, 1.82) is 0 Å². The van der Waals surface area contributed by atoms with Crippen molar-refractivity contribution in [2.24, 2.45) is 0 Å². The van der Waals surface area contributed by atoms with Gasteiger partial charge in [0.05, 0.1) is 5.69 Å². The molecule has 28 heavy (non-hydrogen) atoms. The highest BCUT2D eigenvalue weighted by atomic mass is 16.5. The molecule has 0 unspecified atom stereocenters. The van der Waals surface area contributed by atoms with Crippen LogP contribution in [-0.4, -0.2) is 75.4 Å². The molecular weight excluding hydrogens is 356 g/mol. The van der Waals surface area contributed by atoms with Crippen molar-refractivity contribution >= 4 is 17.4 Å². The minimum absolute atomic E-state index is 0.0282. The van der Waals surface area contributed by atoms with Crippen molar-refractivity contribution in [2.45, 2.75) is 50.6 Å². The van der Waals surface area contributed by atoms with E-state index in [9.17, 15) is 4.79 Å². The van der Waals surface area contributed by atoms with Crippen molar-refractivity contribution < 1.29 is 9.53 Å². The molecule has 2 amide bonds. The summed E-state index contributed by atoms with van der Waals surface area (Å²) in [5.74, 6) is 1.52. The van der Waals surface area contributed by atoms with Gasteiger partial charge in [-0.1, -0.05) is 0 Å². The summed E-state index contributed by atoms with van der Waals surface area (Å²) >= 11 is 0. The molecule has 3 fully saturated rings. The Hall–Kier alpha value is -2.19. The van der Waals surface area contributed by atoms with E-state index >= 15 is 0 Å². The first kappa shape index (κ1) is 17.9. The molecule has 150 valence electrons. The molecule has 4 heterocycles. The molecule has 1 saturated carbocycles. The number of amides is 2. The normalized spacial score (nSPS) is 24.6. The predicted octanol–water partition coefficient (Wildman–Crippen LogP) is 2.32. The third-order valence-electron chi connectivity index (χ3n) is 6.25. The fraction of sp³-hybridized carbons (Fsp3) is 0.650. The summed E-state index contributed by atoms with van der Waals surface area (Å²) in [5, 5.41) is 11.6. The Morgan fingerprint density at radius 2 is 1.96 bits per heavy atom. The summed E-state index contributed by atoms with van der Waals surface area (Å²) in [6, 6.07) is 4.58. The average molecular weight is 384 g/mol. The van der Waals surface area contributed by atoms with Crippen LogP contribution in [0.4, 0.5) is 10.5 Å². The van der Waals surface area contributed by atoms with Crippen LogP contribution in [-0.2, 0) is 4.74 Å². The molecule has 0 bridgehead atoms. The van der Waals surface area contributed by atoms with Crippen LogP contribution in [0.15, 0.2) is 18.3 Å². The SMILES string of the molecule is C[C@@H]1CN(C2CCOCC2)CCN1C(=O)Nc1ccc2nnc(C3CC3)n2c1. The molecule has 1 atom stereocenters. The van der Waals surface area contributed by atoms with Crippen molar-refractivity contribution in [3.05, 3.63) is 24.2 Å². The van der Waals surface area contributed by atoms with Gasteiger partial charge in [-0.25, -0.2) is 4.79 Å². The fourth-order valence-electron chi connectivity index (χ4n) is 4.47. The summed E-state index contributed by atoms with van der Waals surface area (Å²) in [5.41, 5.74) is 1.62. The van der Waals surface area contributed by atoms with E-state index in [2.05, 4.69) is 27.3 Å². The lowest BCUT2D eigenvalue weighted by molar-refractivity contribution is 0.00816. The van der Waals surface area contributed by atoms with Crippen molar-refractivity contribution in [3.63, 3.8) is 0 Å². The van der Waals surface area contributed by atoms with Gasteiger partial charge in [-0.15, -0.1) is 10.2 Å². The number of carbonyl (C=O) groups is 1. The van der Waals surface area contributed by atoms with E-state index in [4.69, 9.17) is 4.74 Å². The Kier molecular flexibility index (Phi) is 4.68. The molecule has 0 radical (unpaired) electrons. The number of pyridine rings is 1. The number of fused-ring (bicyclic) bond motifs is 1. The number of aromatic nitrogens is 3. The molecule has 1 N–H and O–H groups in total. The average Bonchev–Trinajstić information content (AvgIpc) is 3.48. The Balaban J connectivity index is 1.24. The van der Waals surface area contributed by atoms with Gasteiger partial charge >= 0.3 is 6.03 Å². The number of nitrogens with zero attached hydrogens (tertiary/aromatic N) is 5. The Morgan fingerprint density at radius 1 is 1.14 bits per heavy atom. The number of hydrogen-bond acceptors (Lipinski definition) is 5. The maximum Gasteiger partial charge on any atom is 0.322 e. The summed E-state index contributed by atoms with van der Waals surface area (Å²) in [6.07, 6.45) is 6.49. The number of urea groups is 1. The summed E-state index contributed by atoms with van der Waals surface area (Å²) in [6.45, 7) is 6.46. The lowest BCUT2D eigenvalue weighted by atomic mass is 10.0. The second-order valence-electron chi connectivity index (χ2n) is 8.29. The van der Waals surface area contributed by atoms with E-state index in [1.165, 1.54) is 12.8 Å². The first-order chi connectivity index (χ1) is 13.7. The van der Waals surface area contributed by atoms with Crippen molar-refractivity contribution in [2.75, 3.05) is 38.2 Å². The zero-order chi connectivity index (χ0) is 19.1. The van der Waals surface area contributed by atoms with Crippen molar-refractivity contribution in [1.82, 2.24) is 24.4 Å². The van der Waals surface area contributed by atoms with Crippen LogP contribution in [0.3, 0.4) is 0 Å². The second kappa shape index (κ2) is 7.33. The Labute approximate surface area is 164 Å². The third-order valence-corrected chi connectivity index (χ3v) is 6.25. The fourth-order valence-corrected chi connectivity index (χ4v) is 4.47. The number of anilines is 1. The van der Waals surface area contributed by atoms with Crippen LogP contribution in [0.5, 0.6) is 0 Å². The van der Waals surface area contributed by atoms with Gasteiger partial charge in [0.25, 0.3) is 0 Å². The zero-order valence-electron chi connectivity index (χ0n) is 16.4. The molecule has 8 nitrogen and oxygen atoms in total. The molecule has 2 aliphatic heterocycles. The van der Waals surface area contributed by atoms with Crippen LogP contribution >= 0.6 is 0 Å². The van der Waals surface area contributed by atoms with E-state index in [1.807, 2.05) is 27.6 Å². The van der Waals surface area contributed by atoms with Gasteiger partial charge in [0.2, 0.25) is 0 Å². The first-order valence-corrected chi connectivity index (χ1v) is 10.4. The zero-order valence-corrected chi connectivity index (χ0v) is 16.4. The van der Waals surface area contributed by atoms with Crippen LogP contribution in [0, 0.1) is 0 Å². The van der Waals surface area contributed by atoms with Crippen molar-refractivity contribution in [3.8, 4) is 0 Å². The summed E-state index contributed by atoms with van der Waals surface area (Å²) in [7, 11) is 0. The van der Waals surface area contributed by atoms with Gasteiger partial charge in [-0.05, 0) is 44.7 Å². The van der Waals surface area contributed by atoms with E-state index in [0.29, 0.717) is 12.0 Å². The number of rotatable bonds is 3. The highest BCUT2D eigenvalue weighted by molar-refractivity contribution is 5.89. The van der Waals surface area contributed by atoms with Gasteiger partial charge in [0, 0.05) is 57.0 Å². The molecule has 2 aromatic rings. The number of carbonyl (C=O) groups excluding carboxylic acids is 1. The number of piperazine rings is 1.